The Labute approximate surface area is 214 Å². The second kappa shape index (κ2) is 10.6. The van der Waals surface area contributed by atoms with Crippen molar-refractivity contribution in [2.45, 2.75) is 24.3 Å². The molecule has 0 aromatic heterocycles. The maximum Gasteiger partial charge on any atom is 0.329 e. The number of sulfonamides is 1. The van der Waals surface area contributed by atoms with Gasteiger partial charge in [-0.3, -0.25) is 4.79 Å². The average molecular weight is 521 g/mol. The lowest BCUT2D eigenvalue weighted by Gasteiger charge is -2.25. The number of fused-ring (bicyclic) bond motifs is 1. The van der Waals surface area contributed by atoms with Crippen molar-refractivity contribution in [3.05, 3.63) is 83.4 Å². The summed E-state index contributed by atoms with van der Waals surface area (Å²) in [6, 6.07) is 17.6. The zero-order valence-corrected chi connectivity index (χ0v) is 20.9. The third-order valence-electron chi connectivity index (χ3n) is 5.81. The number of carbonyl (C=O) groups is 2. The van der Waals surface area contributed by atoms with E-state index in [9.17, 15) is 18.0 Å². The lowest BCUT2D eigenvalue weighted by atomic mass is 10.0. The molecule has 1 aliphatic heterocycles. The number of likely N-dealkylation sites (N-methyl/N-ethyl adjacent to an activating group) is 1. The van der Waals surface area contributed by atoms with Crippen molar-refractivity contribution in [3.8, 4) is 17.6 Å². The van der Waals surface area contributed by atoms with Crippen LogP contribution in [0, 0.1) is 18.3 Å². The molecule has 0 aliphatic carbocycles. The number of urea groups is 1. The van der Waals surface area contributed by atoms with Crippen LogP contribution in [0.3, 0.4) is 0 Å². The smallest absolute Gasteiger partial charge is 0.329 e. The van der Waals surface area contributed by atoms with Gasteiger partial charge in [0.05, 0.1) is 16.5 Å². The van der Waals surface area contributed by atoms with E-state index in [1.807, 2.05) is 10.8 Å². The molecular weight excluding hydrogens is 496 g/mol. The fourth-order valence-electron chi connectivity index (χ4n) is 3.83. The van der Waals surface area contributed by atoms with Crippen molar-refractivity contribution in [3.63, 3.8) is 0 Å². The minimum Gasteiger partial charge on any atom is -0.454 e. The van der Waals surface area contributed by atoms with Crippen LogP contribution in [0.15, 0.2) is 71.6 Å². The largest absolute Gasteiger partial charge is 0.454 e. The minimum atomic E-state index is -4.18. The molecule has 1 heterocycles. The summed E-state index contributed by atoms with van der Waals surface area (Å²) in [4.78, 5) is 27.6. The highest BCUT2D eigenvalue weighted by Crippen LogP contribution is 2.35. The number of hydrogen-bond acceptors (Lipinski definition) is 7. The number of anilines is 1. The molecular formula is C26H24N4O6S. The summed E-state index contributed by atoms with van der Waals surface area (Å²) in [6.07, 6.45) is 0.0528. The zero-order valence-electron chi connectivity index (χ0n) is 20.1. The van der Waals surface area contributed by atoms with E-state index < -0.39 is 28.0 Å². The molecule has 0 fully saturated rings. The molecule has 190 valence electrons. The molecule has 1 aliphatic rings. The highest BCUT2D eigenvalue weighted by molar-refractivity contribution is 7.90. The van der Waals surface area contributed by atoms with Gasteiger partial charge in [-0.1, -0.05) is 30.3 Å². The molecule has 37 heavy (non-hydrogen) atoms. The summed E-state index contributed by atoms with van der Waals surface area (Å²) >= 11 is 0. The Morgan fingerprint density at radius 1 is 1.05 bits per heavy atom. The third kappa shape index (κ3) is 5.82. The Kier molecular flexibility index (Phi) is 7.31. The molecule has 0 spiro atoms. The monoisotopic (exact) mass is 520 g/mol. The number of nitrogens with one attached hydrogen (secondary N) is 2. The van der Waals surface area contributed by atoms with E-state index in [0.29, 0.717) is 33.9 Å². The van der Waals surface area contributed by atoms with Crippen LogP contribution in [0.4, 0.5) is 10.5 Å². The van der Waals surface area contributed by atoms with Crippen molar-refractivity contribution in [1.29, 1.82) is 5.26 Å². The summed E-state index contributed by atoms with van der Waals surface area (Å²) in [7, 11) is -2.64. The summed E-state index contributed by atoms with van der Waals surface area (Å²) in [5, 5.41) is 11.6. The Morgan fingerprint density at radius 3 is 2.46 bits per heavy atom. The number of benzene rings is 3. The first-order chi connectivity index (χ1) is 17.7. The van der Waals surface area contributed by atoms with Gasteiger partial charge in [-0.25, -0.2) is 17.9 Å². The molecule has 0 saturated heterocycles. The van der Waals surface area contributed by atoms with E-state index in [4.69, 9.17) is 14.7 Å². The van der Waals surface area contributed by atoms with E-state index in [1.165, 1.54) is 18.0 Å². The van der Waals surface area contributed by atoms with E-state index in [1.54, 1.807) is 67.6 Å². The van der Waals surface area contributed by atoms with Crippen LogP contribution < -0.4 is 24.4 Å². The highest BCUT2D eigenvalue weighted by atomic mass is 32.2. The van der Waals surface area contributed by atoms with E-state index >= 15 is 0 Å². The molecule has 3 aromatic rings. The Morgan fingerprint density at radius 2 is 1.76 bits per heavy atom. The van der Waals surface area contributed by atoms with Gasteiger partial charge >= 0.3 is 6.03 Å². The summed E-state index contributed by atoms with van der Waals surface area (Å²) in [6.45, 7) is 1.69. The second-order valence-electron chi connectivity index (χ2n) is 8.34. The summed E-state index contributed by atoms with van der Waals surface area (Å²) in [5.41, 5.74) is 2.07. The Bertz CT molecular complexity index is 1480. The first kappa shape index (κ1) is 25.5. The topological polar surface area (TPSA) is 138 Å². The normalized spacial score (nSPS) is 12.8. The fourth-order valence-corrected chi connectivity index (χ4v) is 4.99. The number of amides is 3. The first-order valence-corrected chi connectivity index (χ1v) is 12.7. The van der Waals surface area contributed by atoms with Gasteiger partial charge in [-0.15, -0.1) is 0 Å². The molecule has 0 bridgehead atoms. The lowest BCUT2D eigenvalue weighted by Crippen LogP contribution is -2.52. The van der Waals surface area contributed by atoms with Gasteiger partial charge in [-0.05, 0) is 48.4 Å². The lowest BCUT2D eigenvalue weighted by molar-refractivity contribution is -0.120. The number of hydrogen-bond donors (Lipinski definition) is 2. The van der Waals surface area contributed by atoms with Crippen LogP contribution >= 0.6 is 0 Å². The summed E-state index contributed by atoms with van der Waals surface area (Å²) < 4.78 is 38.3. The number of nitriles is 1. The van der Waals surface area contributed by atoms with Gasteiger partial charge < -0.3 is 19.7 Å². The van der Waals surface area contributed by atoms with Crippen LogP contribution in [0.25, 0.3) is 0 Å². The van der Waals surface area contributed by atoms with Gasteiger partial charge in [0.1, 0.15) is 6.04 Å². The van der Waals surface area contributed by atoms with Crippen LogP contribution in [0.2, 0.25) is 0 Å². The molecule has 3 amide bonds. The second-order valence-corrected chi connectivity index (χ2v) is 10.00. The number of rotatable bonds is 7. The Hall–Kier alpha value is -4.56. The van der Waals surface area contributed by atoms with Crippen molar-refractivity contribution < 1.29 is 27.5 Å². The molecule has 2 N–H and O–H groups in total. The van der Waals surface area contributed by atoms with Gasteiger partial charge in [-0.2, -0.15) is 5.26 Å². The number of ether oxygens (including phenoxy) is 2. The number of aryl methyl sites for hydroxylation is 1. The maximum absolute atomic E-state index is 13.5. The van der Waals surface area contributed by atoms with Crippen LogP contribution in [-0.4, -0.2) is 40.2 Å². The molecule has 0 radical (unpaired) electrons. The minimum absolute atomic E-state index is 0.0439. The van der Waals surface area contributed by atoms with Gasteiger partial charge in [0.25, 0.3) is 10.0 Å². The standard InChI is InChI=1S/C26H24N4O6S/c1-17-5-3-4-6-24(17)37(33,34)29-26(32)28-21(13-18-7-9-19(15-27)10-8-18)25(31)30(2)20-11-12-22-23(14-20)36-16-35-22/h3-12,14,21H,13,16H2,1-2H3,(H2,28,29,32)/t21-/m0/s1. The maximum atomic E-state index is 13.5. The van der Waals surface area contributed by atoms with E-state index in [0.717, 1.165) is 0 Å². The van der Waals surface area contributed by atoms with Crippen LogP contribution in [-0.2, 0) is 21.2 Å². The third-order valence-corrected chi connectivity index (χ3v) is 7.30. The molecule has 4 rings (SSSR count). The summed E-state index contributed by atoms with van der Waals surface area (Å²) in [5.74, 6) is 0.542. The molecule has 3 aromatic carbocycles. The number of nitrogens with zero attached hydrogens (tertiary/aromatic N) is 2. The SMILES string of the molecule is Cc1ccccc1S(=O)(=O)NC(=O)N[C@@H](Cc1ccc(C#N)cc1)C(=O)N(C)c1ccc2c(c1)OCO2. The molecule has 0 unspecified atom stereocenters. The molecule has 10 nitrogen and oxygen atoms in total. The first-order valence-electron chi connectivity index (χ1n) is 11.2. The Balaban J connectivity index is 1.57. The van der Waals surface area contributed by atoms with Crippen molar-refractivity contribution in [2.24, 2.45) is 0 Å². The molecule has 0 saturated carbocycles. The predicted octanol–water partition coefficient (Wildman–Crippen LogP) is 2.86. The van der Waals surface area contributed by atoms with Gasteiger partial charge in [0.15, 0.2) is 11.5 Å². The van der Waals surface area contributed by atoms with E-state index in [2.05, 4.69) is 5.32 Å². The van der Waals surface area contributed by atoms with Crippen molar-refractivity contribution in [1.82, 2.24) is 10.0 Å². The average Bonchev–Trinajstić information content (AvgIpc) is 3.35. The molecule has 11 heteroatoms. The highest BCUT2D eigenvalue weighted by Gasteiger charge is 2.28. The van der Waals surface area contributed by atoms with Crippen LogP contribution in [0.1, 0.15) is 16.7 Å². The predicted molar refractivity (Wildman–Crippen MR) is 135 cm³/mol. The van der Waals surface area contributed by atoms with E-state index in [-0.39, 0.29) is 18.1 Å². The van der Waals surface area contributed by atoms with Crippen LogP contribution in [0.5, 0.6) is 11.5 Å². The fraction of sp³-hybridized carbons (Fsp3) is 0.192. The molecule has 1 atom stereocenters. The van der Waals surface area contributed by atoms with Gasteiger partial charge in [0.2, 0.25) is 12.7 Å². The number of carbonyl (C=O) groups excluding carboxylic acids is 2. The zero-order chi connectivity index (χ0) is 26.6. The van der Waals surface area contributed by atoms with Crippen molar-refractivity contribution in [2.75, 3.05) is 18.7 Å². The van der Waals surface area contributed by atoms with Gasteiger partial charge in [0, 0.05) is 25.2 Å². The quantitative estimate of drug-likeness (QED) is 0.489. The van der Waals surface area contributed by atoms with Crippen molar-refractivity contribution >= 4 is 27.6 Å².